The van der Waals surface area contributed by atoms with E-state index in [9.17, 15) is 0 Å². The summed E-state index contributed by atoms with van der Waals surface area (Å²) in [6.45, 7) is 7.31. The molecule has 0 saturated carbocycles. The van der Waals surface area contributed by atoms with Gasteiger partial charge in [-0.3, -0.25) is 4.68 Å². The number of nitrogens with zero attached hydrogens (tertiary/aromatic N) is 2. The molecule has 17 heavy (non-hydrogen) atoms. The van der Waals surface area contributed by atoms with E-state index in [4.69, 9.17) is 5.73 Å². The minimum absolute atomic E-state index is 0.570. The predicted octanol–water partition coefficient (Wildman–Crippen LogP) is 3.10. The van der Waals surface area contributed by atoms with E-state index in [1.165, 1.54) is 5.56 Å². The maximum atomic E-state index is 6.00. The summed E-state index contributed by atoms with van der Waals surface area (Å²) in [6, 6.07) is 8.29. The molecule has 2 aromatic rings. The summed E-state index contributed by atoms with van der Waals surface area (Å²) in [7, 11) is 0. The van der Waals surface area contributed by atoms with E-state index in [0.717, 1.165) is 23.5 Å². The second kappa shape index (κ2) is 4.62. The fourth-order valence-electron chi connectivity index (χ4n) is 1.84. The van der Waals surface area contributed by atoms with Crippen molar-refractivity contribution in [1.29, 1.82) is 0 Å². The molecule has 90 valence electrons. The smallest absolute Gasteiger partial charge is 0.115 e. The van der Waals surface area contributed by atoms with Crippen LogP contribution in [0.15, 0.2) is 30.5 Å². The van der Waals surface area contributed by atoms with Crippen molar-refractivity contribution >= 4 is 5.69 Å². The van der Waals surface area contributed by atoms with Crippen molar-refractivity contribution < 1.29 is 0 Å². The Hall–Kier alpha value is -1.77. The Morgan fingerprint density at radius 3 is 2.47 bits per heavy atom. The Balaban J connectivity index is 2.32. The summed E-state index contributed by atoms with van der Waals surface area (Å²) in [5.41, 5.74) is 9.95. The standard InChI is InChI=1S/C14H19N3/c1-10(2)8-17-9-13(15)14(16-17)12-6-4-11(3)5-7-12/h4-7,9-10H,8,15H2,1-3H3. The molecule has 0 saturated heterocycles. The second-order valence-electron chi connectivity index (χ2n) is 4.91. The first kappa shape index (κ1) is 11.7. The van der Waals surface area contributed by atoms with E-state index < -0.39 is 0 Å². The SMILES string of the molecule is Cc1ccc(-c2nn(CC(C)C)cc2N)cc1. The molecule has 0 atom stereocenters. The first-order valence-corrected chi connectivity index (χ1v) is 5.96. The highest BCUT2D eigenvalue weighted by molar-refractivity contribution is 5.71. The Morgan fingerprint density at radius 1 is 1.24 bits per heavy atom. The van der Waals surface area contributed by atoms with Crippen LogP contribution in [0.25, 0.3) is 11.3 Å². The van der Waals surface area contributed by atoms with Crippen molar-refractivity contribution in [3.63, 3.8) is 0 Å². The summed E-state index contributed by atoms with van der Waals surface area (Å²) in [5.74, 6) is 0.570. The van der Waals surface area contributed by atoms with E-state index in [-0.39, 0.29) is 0 Å². The van der Waals surface area contributed by atoms with Crippen molar-refractivity contribution in [2.24, 2.45) is 5.92 Å². The molecule has 1 heterocycles. The zero-order chi connectivity index (χ0) is 12.4. The number of aryl methyl sites for hydroxylation is 1. The summed E-state index contributed by atoms with van der Waals surface area (Å²) in [5, 5.41) is 4.54. The molecule has 2 N–H and O–H groups in total. The van der Waals surface area contributed by atoms with Crippen LogP contribution in [0.4, 0.5) is 5.69 Å². The van der Waals surface area contributed by atoms with Crippen LogP contribution < -0.4 is 5.73 Å². The van der Waals surface area contributed by atoms with Crippen LogP contribution in [0.5, 0.6) is 0 Å². The molecular weight excluding hydrogens is 210 g/mol. The van der Waals surface area contributed by atoms with Crippen LogP contribution in [0.1, 0.15) is 19.4 Å². The lowest BCUT2D eigenvalue weighted by Gasteiger charge is -2.03. The molecule has 0 bridgehead atoms. The molecule has 1 aromatic heterocycles. The Kier molecular flexibility index (Phi) is 3.18. The lowest BCUT2D eigenvalue weighted by Crippen LogP contribution is -2.04. The van der Waals surface area contributed by atoms with Gasteiger partial charge in [-0.1, -0.05) is 43.7 Å². The fraction of sp³-hybridized carbons (Fsp3) is 0.357. The number of nitrogen functional groups attached to an aromatic ring is 1. The Labute approximate surface area is 102 Å². The Bertz CT molecular complexity index is 495. The molecule has 3 nitrogen and oxygen atoms in total. The molecular formula is C14H19N3. The van der Waals surface area contributed by atoms with Gasteiger partial charge in [0.25, 0.3) is 0 Å². The minimum atomic E-state index is 0.570. The van der Waals surface area contributed by atoms with Crippen molar-refractivity contribution in [2.45, 2.75) is 27.3 Å². The lowest BCUT2D eigenvalue weighted by atomic mass is 10.1. The van der Waals surface area contributed by atoms with Crippen LogP contribution in [0, 0.1) is 12.8 Å². The molecule has 0 aliphatic carbocycles. The summed E-state index contributed by atoms with van der Waals surface area (Å²) in [4.78, 5) is 0. The quantitative estimate of drug-likeness (QED) is 0.879. The van der Waals surface area contributed by atoms with Gasteiger partial charge >= 0.3 is 0 Å². The van der Waals surface area contributed by atoms with Crippen LogP contribution in [-0.2, 0) is 6.54 Å². The van der Waals surface area contributed by atoms with Crippen LogP contribution >= 0.6 is 0 Å². The van der Waals surface area contributed by atoms with Gasteiger partial charge in [-0.25, -0.2) is 0 Å². The molecule has 1 aromatic carbocycles. The monoisotopic (exact) mass is 229 g/mol. The molecule has 0 spiro atoms. The van der Waals surface area contributed by atoms with Gasteiger partial charge < -0.3 is 5.73 Å². The lowest BCUT2D eigenvalue weighted by molar-refractivity contribution is 0.484. The van der Waals surface area contributed by atoms with Crippen molar-refractivity contribution in [3.05, 3.63) is 36.0 Å². The van der Waals surface area contributed by atoms with Gasteiger partial charge in [0.05, 0.1) is 5.69 Å². The maximum absolute atomic E-state index is 6.00. The van der Waals surface area contributed by atoms with Gasteiger partial charge in [-0.2, -0.15) is 5.10 Å². The third kappa shape index (κ3) is 2.67. The molecule has 0 amide bonds. The number of hydrogen-bond acceptors (Lipinski definition) is 2. The van der Waals surface area contributed by atoms with Gasteiger partial charge in [0.1, 0.15) is 5.69 Å². The van der Waals surface area contributed by atoms with Gasteiger partial charge in [-0.15, -0.1) is 0 Å². The Morgan fingerprint density at radius 2 is 1.88 bits per heavy atom. The number of benzene rings is 1. The number of nitrogens with two attached hydrogens (primary N) is 1. The van der Waals surface area contributed by atoms with E-state index in [2.05, 4.69) is 50.1 Å². The fourth-order valence-corrected chi connectivity index (χ4v) is 1.84. The molecule has 0 aliphatic heterocycles. The number of anilines is 1. The van der Waals surface area contributed by atoms with Crippen molar-refractivity contribution in [2.75, 3.05) is 5.73 Å². The van der Waals surface area contributed by atoms with E-state index in [1.54, 1.807) is 0 Å². The molecule has 3 heteroatoms. The maximum Gasteiger partial charge on any atom is 0.115 e. The molecule has 0 aliphatic rings. The summed E-state index contributed by atoms with van der Waals surface area (Å²) >= 11 is 0. The highest BCUT2D eigenvalue weighted by atomic mass is 15.3. The minimum Gasteiger partial charge on any atom is -0.396 e. The second-order valence-corrected chi connectivity index (χ2v) is 4.91. The zero-order valence-corrected chi connectivity index (χ0v) is 10.6. The van der Waals surface area contributed by atoms with Gasteiger partial charge in [-0.05, 0) is 12.8 Å². The molecule has 0 unspecified atom stereocenters. The topological polar surface area (TPSA) is 43.8 Å². The van der Waals surface area contributed by atoms with Crippen molar-refractivity contribution in [3.8, 4) is 11.3 Å². The first-order chi connectivity index (χ1) is 8.06. The highest BCUT2D eigenvalue weighted by Crippen LogP contribution is 2.24. The van der Waals surface area contributed by atoms with E-state index >= 15 is 0 Å². The number of aromatic nitrogens is 2. The highest BCUT2D eigenvalue weighted by Gasteiger charge is 2.08. The normalized spacial score (nSPS) is 11.1. The molecule has 0 radical (unpaired) electrons. The molecule has 2 rings (SSSR count). The number of rotatable bonds is 3. The average Bonchev–Trinajstić information content (AvgIpc) is 2.59. The predicted molar refractivity (Wildman–Crippen MR) is 71.7 cm³/mol. The third-order valence-electron chi connectivity index (χ3n) is 2.67. The largest absolute Gasteiger partial charge is 0.396 e. The number of hydrogen-bond donors (Lipinski definition) is 1. The third-order valence-corrected chi connectivity index (χ3v) is 2.67. The summed E-state index contributed by atoms with van der Waals surface area (Å²) < 4.78 is 1.93. The average molecular weight is 229 g/mol. The van der Waals surface area contributed by atoms with Crippen LogP contribution in [0.2, 0.25) is 0 Å². The van der Waals surface area contributed by atoms with Gasteiger partial charge in [0.15, 0.2) is 0 Å². The van der Waals surface area contributed by atoms with Crippen LogP contribution in [-0.4, -0.2) is 9.78 Å². The van der Waals surface area contributed by atoms with Crippen LogP contribution in [0.3, 0.4) is 0 Å². The van der Waals surface area contributed by atoms with E-state index in [1.807, 2.05) is 10.9 Å². The zero-order valence-electron chi connectivity index (χ0n) is 10.6. The van der Waals surface area contributed by atoms with E-state index in [0.29, 0.717) is 5.92 Å². The molecule has 0 fully saturated rings. The van der Waals surface area contributed by atoms with Crippen molar-refractivity contribution in [1.82, 2.24) is 9.78 Å². The van der Waals surface area contributed by atoms with Gasteiger partial charge in [0, 0.05) is 18.3 Å². The summed E-state index contributed by atoms with van der Waals surface area (Å²) in [6.07, 6.45) is 1.91. The first-order valence-electron chi connectivity index (χ1n) is 5.96. The van der Waals surface area contributed by atoms with Gasteiger partial charge in [0.2, 0.25) is 0 Å².